The van der Waals surface area contributed by atoms with Gasteiger partial charge in [-0.2, -0.15) is 0 Å². The molecule has 0 aliphatic heterocycles. The van der Waals surface area contributed by atoms with Gasteiger partial charge in [-0.3, -0.25) is 4.79 Å². The third-order valence-electron chi connectivity index (χ3n) is 4.52. The maximum absolute atomic E-state index is 10.3. The molecule has 0 heterocycles. The largest absolute Gasteiger partial charge is 0.481 e. The topological polar surface area (TPSA) is 89.6 Å². The van der Waals surface area contributed by atoms with Crippen LogP contribution in [0.2, 0.25) is 0 Å². The van der Waals surface area contributed by atoms with Crippen LogP contribution in [0, 0.1) is 0 Å². The average Bonchev–Trinajstić information content (AvgIpc) is 2.69. The lowest BCUT2D eigenvalue weighted by molar-refractivity contribution is -0.138. The summed E-state index contributed by atoms with van der Waals surface area (Å²) in [6, 6.07) is 0. The van der Waals surface area contributed by atoms with Crippen LogP contribution in [0.25, 0.3) is 0 Å². The number of ether oxygens (including phenoxy) is 1. The van der Waals surface area contributed by atoms with Crippen LogP contribution in [0.1, 0.15) is 110 Å². The van der Waals surface area contributed by atoms with Gasteiger partial charge in [0, 0.05) is 19.0 Å². The lowest BCUT2D eigenvalue weighted by atomic mass is 10.0. The van der Waals surface area contributed by atoms with E-state index in [1.165, 1.54) is 83.5 Å². The van der Waals surface area contributed by atoms with Crippen molar-refractivity contribution in [3.63, 3.8) is 0 Å². The molecule has 28 heavy (non-hydrogen) atoms. The van der Waals surface area contributed by atoms with Gasteiger partial charge in [0.15, 0.2) is 0 Å². The molecule has 0 spiro atoms. The number of hydrogen-bond donors (Lipinski definition) is 2. The number of carboxylic acid groups (broad SMARTS) is 1. The van der Waals surface area contributed by atoms with E-state index in [1.54, 1.807) is 0 Å². The summed E-state index contributed by atoms with van der Waals surface area (Å²) in [5.74, 6) is -1.07. The number of carbonyl (C=O) groups is 2. The van der Waals surface area contributed by atoms with Gasteiger partial charge >= 0.3 is 11.9 Å². The van der Waals surface area contributed by atoms with Gasteiger partial charge < -0.3 is 15.6 Å². The van der Waals surface area contributed by atoms with Crippen molar-refractivity contribution < 1.29 is 19.4 Å². The minimum absolute atomic E-state index is 0.269. The Morgan fingerprint density at radius 3 is 1.54 bits per heavy atom. The zero-order valence-corrected chi connectivity index (χ0v) is 18.3. The van der Waals surface area contributed by atoms with Crippen LogP contribution in [0.4, 0.5) is 0 Å². The summed E-state index contributed by atoms with van der Waals surface area (Å²) in [6.07, 6.45) is 21.3. The first-order valence-corrected chi connectivity index (χ1v) is 11.3. The van der Waals surface area contributed by atoms with E-state index in [0.29, 0.717) is 13.0 Å². The number of aliphatic carboxylic acids is 1. The van der Waals surface area contributed by atoms with Gasteiger partial charge in [-0.05, 0) is 6.42 Å². The van der Waals surface area contributed by atoms with Crippen molar-refractivity contribution in [2.24, 2.45) is 5.73 Å². The van der Waals surface area contributed by atoms with Gasteiger partial charge in [0.25, 0.3) is 0 Å². The molecule has 166 valence electrons. The van der Waals surface area contributed by atoms with E-state index in [-0.39, 0.29) is 6.61 Å². The standard InChI is InChI=1S/C18H36O2.C5H9NO2/c1-2-3-4-5-6-7-8-9-10-11-12-13-14-15-16-17-18(19)20;1-2-5(7)8-4-3-6/h2-17H2,1H3,(H,19,20);2H,1,3-4,6H2. The molecule has 0 bridgehead atoms. The monoisotopic (exact) mass is 399 g/mol. The highest BCUT2D eigenvalue weighted by Gasteiger charge is 1.97. The van der Waals surface area contributed by atoms with Crippen LogP contribution in [0.5, 0.6) is 0 Å². The average molecular weight is 400 g/mol. The first-order valence-electron chi connectivity index (χ1n) is 11.3. The molecule has 0 atom stereocenters. The predicted molar refractivity (Wildman–Crippen MR) is 117 cm³/mol. The quantitative estimate of drug-likeness (QED) is 0.158. The summed E-state index contributed by atoms with van der Waals surface area (Å²) < 4.78 is 4.46. The molecule has 5 nitrogen and oxygen atoms in total. The number of carboxylic acids is 1. The molecule has 0 aromatic carbocycles. The molecule has 0 rings (SSSR count). The van der Waals surface area contributed by atoms with Gasteiger partial charge in [-0.1, -0.05) is 103 Å². The first kappa shape index (κ1) is 28.8. The smallest absolute Gasteiger partial charge is 0.330 e. The second-order valence-corrected chi connectivity index (χ2v) is 7.25. The molecular weight excluding hydrogens is 354 g/mol. The van der Waals surface area contributed by atoms with Crippen molar-refractivity contribution >= 4 is 11.9 Å². The van der Waals surface area contributed by atoms with Crippen molar-refractivity contribution in [3.8, 4) is 0 Å². The first-order chi connectivity index (χ1) is 13.6. The van der Waals surface area contributed by atoms with E-state index in [1.807, 2.05) is 0 Å². The normalized spacial score (nSPS) is 10.1. The van der Waals surface area contributed by atoms with E-state index < -0.39 is 11.9 Å². The molecule has 0 aromatic rings. The molecule has 0 unspecified atom stereocenters. The zero-order valence-electron chi connectivity index (χ0n) is 18.3. The molecule has 3 N–H and O–H groups in total. The third kappa shape index (κ3) is 29.4. The van der Waals surface area contributed by atoms with Crippen LogP contribution in [-0.2, 0) is 14.3 Å². The summed E-state index contributed by atoms with van der Waals surface area (Å²) in [4.78, 5) is 20.5. The molecule has 0 aromatic heterocycles. The van der Waals surface area contributed by atoms with Crippen LogP contribution in [0.3, 0.4) is 0 Å². The fourth-order valence-corrected chi connectivity index (χ4v) is 2.87. The summed E-state index contributed by atoms with van der Waals surface area (Å²) in [7, 11) is 0. The molecule has 0 saturated carbocycles. The fraction of sp³-hybridized carbons (Fsp3) is 0.826. The SMILES string of the molecule is C=CC(=O)OCCN.CCCCCCCCCCCCCCCCCC(=O)O. The minimum Gasteiger partial charge on any atom is -0.481 e. The Morgan fingerprint density at radius 2 is 1.21 bits per heavy atom. The van der Waals surface area contributed by atoms with Crippen molar-refractivity contribution in [1.29, 1.82) is 0 Å². The van der Waals surface area contributed by atoms with Gasteiger partial charge in [0.2, 0.25) is 0 Å². The fourth-order valence-electron chi connectivity index (χ4n) is 2.87. The van der Waals surface area contributed by atoms with E-state index >= 15 is 0 Å². The Hall–Kier alpha value is -1.36. The number of unbranched alkanes of at least 4 members (excludes halogenated alkanes) is 14. The minimum atomic E-state index is -0.653. The Bertz CT molecular complexity index is 359. The molecule has 0 aliphatic rings. The summed E-state index contributed by atoms with van der Waals surface area (Å²) in [5, 5.41) is 8.52. The van der Waals surface area contributed by atoms with Gasteiger partial charge in [0.1, 0.15) is 6.61 Å². The molecule has 0 radical (unpaired) electrons. The van der Waals surface area contributed by atoms with E-state index in [4.69, 9.17) is 10.8 Å². The Kier molecular flexibility index (Phi) is 26.4. The second-order valence-electron chi connectivity index (χ2n) is 7.25. The van der Waals surface area contributed by atoms with Crippen molar-refractivity contribution in [3.05, 3.63) is 12.7 Å². The molecule has 0 aliphatic carbocycles. The molecule has 5 heteroatoms. The summed E-state index contributed by atoms with van der Waals surface area (Å²) in [5.41, 5.74) is 5.02. The van der Waals surface area contributed by atoms with Gasteiger partial charge in [-0.25, -0.2) is 4.79 Å². The summed E-state index contributed by atoms with van der Waals surface area (Å²) in [6.45, 7) is 6.10. The second kappa shape index (κ2) is 25.6. The van der Waals surface area contributed by atoms with Crippen LogP contribution < -0.4 is 5.73 Å². The molecular formula is C23H45NO4. The van der Waals surface area contributed by atoms with E-state index in [9.17, 15) is 9.59 Å². The van der Waals surface area contributed by atoms with Crippen molar-refractivity contribution in [2.75, 3.05) is 13.2 Å². The van der Waals surface area contributed by atoms with Crippen molar-refractivity contribution in [1.82, 2.24) is 0 Å². The molecule has 0 fully saturated rings. The van der Waals surface area contributed by atoms with Crippen molar-refractivity contribution in [2.45, 2.75) is 110 Å². The lowest BCUT2D eigenvalue weighted by Crippen LogP contribution is -2.11. The summed E-state index contributed by atoms with van der Waals surface area (Å²) >= 11 is 0. The van der Waals surface area contributed by atoms with Crippen LogP contribution in [0.15, 0.2) is 12.7 Å². The maximum Gasteiger partial charge on any atom is 0.330 e. The Balaban J connectivity index is 0. The lowest BCUT2D eigenvalue weighted by Gasteiger charge is -2.03. The Morgan fingerprint density at radius 1 is 0.821 bits per heavy atom. The van der Waals surface area contributed by atoms with Gasteiger partial charge in [-0.15, -0.1) is 0 Å². The number of nitrogens with two attached hydrogens (primary N) is 1. The van der Waals surface area contributed by atoms with E-state index in [2.05, 4.69) is 18.2 Å². The number of esters is 1. The highest BCUT2D eigenvalue weighted by atomic mass is 16.5. The Labute approximate surface area is 173 Å². The molecule has 0 saturated heterocycles. The number of carbonyl (C=O) groups excluding carboxylic acids is 1. The zero-order chi connectivity index (χ0) is 21.3. The van der Waals surface area contributed by atoms with E-state index in [0.717, 1.165) is 18.9 Å². The molecule has 0 amide bonds. The number of rotatable bonds is 19. The predicted octanol–water partition coefficient (Wildman–Crippen LogP) is 6.01. The highest BCUT2D eigenvalue weighted by molar-refractivity contribution is 5.81. The number of hydrogen-bond acceptors (Lipinski definition) is 4. The third-order valence-corrected chi connectivity index (χ3v) is 4.52. The highest BCUT2D eigenvalue weighted by Crippen LogP contribution is 2.13. The van der Waals surface area contributed by atoms with Crippen LogP contribution >= 0.6 is 0 Å². The van der Waals surface area contributed by atoms with Crippen LogP contribution in [-0.4, -0.2) is 30.2 Å². The maximum atomic E-state index is 10.3. The van der Waals surface area contributed by atoms with Gasteiger partial charge in [0.05, 0.1) is 0 Å².